The van der Waals surface area contributed by atoms with Crippen LogP contribution >= 0.6 is 0 Å². The van der Waals surface area contributed by atoms with Crippen LogP contribution in [0.4, 0.5) is 0 Å². The van der Waals surface area contributed by atoms with Gasteiger partial charge in [-0.3, -0.25) is 5.10 Å². The van der Waals surface area contributed by atoms with Crippen LogP contribution in [0.25, 0.3) is 0 Å². The molecule has 3 heterocycles. The molecule has 0 aromatic carbocycles. The smallest absolute Gasteiger partial charge is 0.155 e. The van der Waals surface area contributed by atoms with Gasteiger partial charge in [0.1, 0.15) is 5.82 Å². The topological polar surface area (TPSA) is 53.6 Å². The van der Waals surface area contributed by atoms with Gasteiger partial charge in [0.15, 0.2) is 5.82 Å². The number of aromatic amines is 1. The molecule has 2 aliphatic rings. The van der Waals surface area contributed by atoms with Crippen LogP contribution in [0, 0.1) is 6.92 Å². The molecule has 2 bridgehead atoms. The predicted octanol–water partition coefficient (Wildman–Crippen LogP) is 0.721. The highest BCUT2D eigenvalue weighted by Gasteiger charge is 2.41. The molecule has 3 atom stereocenters. The second-order valence-corrected chi connectivity index (χ2v) is 4.17. The quantitative estimate of drug-likeness (QED) is 0.666. The van der Waals surface area contributed by atoms with E-state index in [0.717, 1.165) is 17.7 Å². The van der Waals surface area contributed by atoms with E-state index in [1.54, 1.807) is 0 Å². The summed E-state index contributed by atoms with van der Waals surface area (Å²) >= 11 is 0. The third-order valence-corrected chi connectivity index (χ3v) is 3.25. The summed E-state index contributed by atoms with van der Waals surface area (Å²) in [7, 11) is 0. The molecule has 0 spiro atoms. The first-order valence-corrected chi connectivity index (χ1v) is 4.98. The normalized spacial score (nSPS) is 37.2. The molecule has 0 amide bonds. The van der Waals surface area contributed by atoms with Gasteiger partial charge >= 0.3 is 0 Å². The first-order chi connectivity index (χ1) is 6.33. The Balaban J connectivity index is 1.87. The number of hydrogen-bond acceptors (Lipinski definition) is 3. The van der Waals surface area contributed by atoms with Gasteiger partial charge in [-0.1, -0.05) is 0 Å². The average molecular weight is 178 g/mol. The van der Waals surface area contributed by atoms with Crippen LogP contribution in [-0.2, 0) is 0 Å². The van der Waals surface area contributed by atoms with E-state index >= 15 is 0 Å². The predicted molar refractivity (Wildman–Crippen MR) is 48.4 cm³/mol. The summed E-state index contributed by atoms with van der Waals surface area (Å²) in [6.45, 7) is 1.96. The molecule has 1 aromatic heterocycles. The van der Waals surface area contributed by atoms with Crippen LogP contribution in [0.1, 0.15) is 36.8 Å². The molecule has 1 aromatic rings. The Labute approximate surface area is 77.1 Å². The van der Waals surface area contributed by atoms with E-state index in [2.05, 4.69) is 20.5 Å². The molecule has 2 fully saturated rings. The maximum Gasteiger partial charge on any atom is 0.155 e. The van der Waals surface area contributed by atoms with Gasteiger partial charge in [0.2, 0.25) is 0 Å². The van der Waals surface area contributed by atoms with Crippen molar-refractivity contribution < 1.29 is 0 Å². The fourth-order valence-corrected chi connectivity index (χ4v) is 2.64. The highest BCUT2D eigenvalue weighted by Crippen LogP contribution is 2.38. The fraction of sp³-hybridized carbons (Fsp3) is 0.778. The van der Waals surface area contributed by atoms with E-state index in [4.69, 9.17) is 0 Å². The summed E-state index contributed by atoms with van der Waals surface area (Å²) < 4.78 is 0. The Morgan fingerprint density at radius 1 is 1.38 bits per heavy atom. The van der Waals surface area contributed by atoms with Crippen molar-refractivity contribution in [3.05, 3.63) is 11.6 Å². The van der Waals surface area contributed by atoms with Crippen LogP contribution in [-0.4, -0.2) is 27.3 Å². The minimum absolute atomic E-state index is 0.559. The molecule has 0 aliphatic carbocycles. The van der Waals surface area contributed by atoms with Gasteiger partial charge in [0, 0.05) is 18.0 Å². The molecule has 4 heteroatoms. The van der Waals surface area contributed by atoms with Crippen LogP contribution < -0.4 is 5.32 Å². The molecule has 13 heavy (non-hydrogen) atoms. The Bertz CT molecular complexity index is 319. The number of rotatable bonds is 1. The number of aryl methyl sites for hydroxylation is 1. The van der Waals surface area contributed by atoms with Crippen LogP contribution in [0.15, 0.2) is 0 Å². The van der Waals surface area contributed by atoms with Crippen molar-refractivity contribution in [1.82, 2.24) is 20.5 Å². The minimum atomic E-state index is 0.559. The summed E-state index contributed by atoms with van der Waals surface area (Å²) in [6, 6.07) is 1.37. The standard InChI is InChI=1S/C9H14N4/c1-5-10-9(13-12-5)7-4-6-2-3-8(7)11-6/h6-8,11H,2-4H2,1H3,(H,10,12,13). The zero-order valence-electron chi connectivity index (χ0n) is 7.75. The zero-order chi connectivity index (χ0) is 8.84. The van der Waals surface area contributed by atoms with Crippen molar-refractivity contribution in [2.24, 2.45) is 0 Å². The molecule has 0 saturated carbocycles. The summed E-state index contributed by atoms with van der Waals surface area (Å²) in [5.74, 6) is 2.50. The summed E-state index contributed by atoms with van der Waals surface area (Å²) in [6.07, 6.45) is 3.86. The Hall–Kier alpha value is -0.900. The van der Waals surface area contributed by atoms with E-state index in [1.165, 1.54) is 19.3 Å². The molecule has 3 rings (SSSR count). The molecule has 2 saturated heterocycles. The summed E-state index contributed by atoms with van der Waals surface area (Å²) in [5.41, 5.74) is 0. The van der Waals surface area contributed by atoms with Gasteiger partial charge in [0.25, 0.3) is 0 Å². The second kappa shape index (κ2) is 2.54. The molecule has 4 nitrogen and oxygen atoms in total. The Morgan fingerprint density at radius 2 is 2.31 bits per heavy atom. The molecule has 2 N–H and O–H groups in total. The van der Waals surface area contributed by atoms with Crippen molar-refractivity contribution in [3.8, 4) is 0 Å². The van der Waals surface area contributed by atoms with Crippen molar-refractivity contribution >= 4 is 0 Å². The first-order valence-electron chi connectivity index (χ1n) is 4.98. The lowest BCUT2D eigenvalue weighted by atomic mass is 9.89. The molecule has 2 aliphatic heterocycles. The van der Waals surface area contributed by atoms with Gasteiger partial charge in [-0.2, -0.15) is 5.10 Å². The number of H-pyrrole nitrogens is 1. The molecular formula is C9H14N4. The van der Waals surface area contributed by atoms with Gasteiger partial charge in [0.05, 0.1) is 0 Å². The minimum Gasteiger partial charge on any atom is -0.310 e. The first kappa shape index (κ1) is 7.50. The Kier molecular flexibility index (Phi) is 1.47. The van der Waals surface area contributed by atoms with E-state index in [1.807, 2.05) is 6.92 Å². The summed E-state index contributed by atoms with van der Waals surface area (Å²) in [4.78, 5) is 4.40. The zero-order valence-corrected chi connectivity index (χ0v) is 7.75. The number of hydrogen-bond donors (Lipinski definition) is 2. The lowest BCUT2D eigenvalue weighted by molar-refractivity contribution is 0.488. The third kappa shape index (κ3) is 1.09. The summed E-state index contributed by atoms with van der Waals surface area (Å²) in [5, 5.41) is 10.7. The third-order valence-electron chi connectivity index (χ3n) is 3.25. The fourth-order valence-electron chi connectivity index (χ4n) is 2.64. The molecular weight excluding hydrogens is 164 g/mol. The van der Waals surface area contributed by atoms with E-state index in [-0.39, 0.29) is 0 Å². The maximum absolute atomic E-state index is 4.40. The highest BCUT2D eigenvalue weighted by molar-refractivity contribution is 5.11. The van der Waals surface area contributed by atoms with Crippen LogP contribution in [0.3, 0.4) is 0 Å². The van der Waals surface area contributed by atoms with Gasteiger partial charge in [-0.15, -0.1) is 0 Å². The van der Waals surface area contributed by atoms with Crippen LogP contribution in [0.2, 0.25) is 0 Å². The molecule has 3 unspecified atom stereocenters. The SMILES string of the molecule is Cc1nc(C2CC3CCC2N3)n[nH]1. The van der Waals surface area contributed by atoms with E-state index < -0.39 is 0 Å². The lowest BCUT2D eigenvalue weighted by Gasteiger charge is -2.16. The Morgan fingerprint density at radius 3 is 2.85 bits per heavy atom. The van der Waals surface area contributed by atoms with Gasteiger partial charge < -0.3 is 5.32 Å². The van der Waals surface area contributed by atoms with Gasteiger partial charge in [-0.25, -0.2) is 4.98 Å². The van der Waals surface area contributed by atoms with E-state index in [9.17, 15) is 0 Å². The maximum atomic E-state index is 4.40. The van der Waals surface area contributed by atoms with Crippen molar-refractivity contribution in [3.63, 3.8) is 0 Å². The van der Waals surface area contributed by atoms with Crippen molar-refractivity contribution in [2.45, 2.75) is 44.2 Å². The lowest BCUT2D eigenvalue weighted by Crippen LogP contribution is -2.22. The number of aromatic nitrogens is 3. The van der Waals surface area contributed by atoms with Crippen LogP contribution in [0.5, 0.6) is 0 Å². The van der Waals surface area contributed by atoms with Gasteiger partial charge in [-0.05, 0) is 26.2 Å². The highest BCUT2D eigenvalue weighted by atomic mass is 15.2. The van der Waals surface area contributed by atoms with E-state index in [0.29, 0.717) is 12.0 Å². The largest absolute Gasteiger partial charge is 0.310 e. The number of fused-ring (bicyclic) bond motifs is 2. The average Bonchev–Trinajstić information content (AvgIpc) is 2.77. The van der Waals surface area contributed by atoms with Crippen molar-refractivity contribution in [1.29, 1.82) is 0 Å². The van der Waals surface area contributed by atoms with Crippen molar-refractivity contribution in [2.75, 3.05) is 0 Å². The molecule has 70 valence electrons. The number of nitrogens with zero attached hydrogens (tertiary/aromatic N) is 2. The molecule has 0 radical (unpaired) electrons. The monoisotopic (exact) mass is 178 g/mol. The second-order valence-electron chi connectivity index (χ2n) is 4.17. The number of nitrogens with one attached hydrogen (secondary N) is 2.